The molecule has 1 unspecified atom stereocenters. The first-order valence-electron chi connectivity index (χ1n) is 8.71. The molecule has 26 heavy (non-hydrogen) atoms. The number of halogens is 1. The summed E-state index contributed by atoms with van der Waals surface area (Å²) >= 11 is 0. The Morgan fingerprint density at radius 2 is 1.81 bits per heavy atom. The number of hydrogen-bond acceptors (Lipinski definition) is 3. The predicted molar refractivity (Wildman–Crippen MR) is 98.4 cm³/mol. The monoisotopic (exact) mass is 355 g/mol. The summed E-state index contributed by atoms with van der Waals surface area (Å²) in [6.07, 6.45) is 2.01. The van der Waals surface area contributed by atoms with Crippen molar-refractivity contribution in [3.63, 3.8) is 0 Å². The lowest BCUT2D eigenvalue weighted by atomic mass is 10.1. The van der Waals surface area contributed by atoms with Crippen molar-refractivity contribution in [3.05, 3.63) is 65.5 Å². The SMILES string of the molecule is CC(NCC(=O)Nc1ccccc1C(=O)NC1CC1)c1ccc(F)cc1. The van der Waals surface area contributed by atoms with Crippen LogP contribution in [0.3, 0.4) is 0 Å². The standard InChI is InChI=1S/C20H22FN3O2/c1-13(14-6-8-15(21)9-7-14)22-12-19(25)24-18-5-3-2-4-17(18)20(26)23-16-10-11-16/h2-9,13,16,22H,10-12H2,1H3,(H,23,26)(H,24,25). The highest BCUT2D eigenvalue weighted by Gasteiger charge is 2.25. The van der Waals surface area contributed by atoms with Crippen LogP contribution in [-0.4, -0.2) is 24.4 Å². The quantitative estimate of drug-likeness (QED) is 0.715. The average molecular weight is 355 g/mol. The molecule has 1 aliphatic rings. The van der Waals surface area contributed by atoms with E-state index in [2.05, 4.69) is 16.0 Å². The highest BCUT2D eigenvalue weighted by molar-refractivity contribution is 6.04. The lowest BCUT2D eigenvalue weighted by Crippen LogP contribution is -2.31. The predicted octanol–water partition coefficient (Wildman–Crippen LogP) is 3.01. The molecule has 1 saturated carbocycles. The summed E-state index contributed by atoms with van der Waals surface area (Å²) in [5, 5.41) is 8.80. The summed E-state index contributed by atoms with van der Waals surface area (Å²) in [4.78, 5) is 24.5. The zero-order valence-corrected chi connectivity index (χ0v) is 14.6. The molecule has 1 atom stereocenters. The lowest BCUT2D eigenvalue weighted by Gasteiger charge is -2.15. The number of carbonyl (C=O) groups is 2. The Bertz CT molecular complexity index is 788. The van der Waals surface area contributed by atoms with E-state index in [-0.39, 0.29) is 36.3 Å². The molecule has 6 heteroatoms. The first-order valence-corrected chi connectivity index (χ1v) is 8.71. The third-order valence-corrected chi connectivity index (χ3v) is 4.30. The largest absolute Gasteiger partial charge is 0.349 e. The van der Waals surface area contributed by atoms with Gasteiger partial charge in [-0.3, -0.25) is 9.59 Å². The number of carbonyl (C=O) groups excluding carboxylic acids is 2. The molecule has 1 aliphatic carbocycles. The van der Waals surface area contributed by atoms with Gasteiger partial charge in [0.05, 0.1) is 17.8 Å². The van der Waals surface area contributed by atoms with E-state index in [9.17, 15) is 14.0 Å². The molecule has 3 N–H and O–H groups in total. The fraction of sp³-hybridized carbons (Fsp3) is 0.300. The molecule has 0 aromatic heterocycles. The Morgan fingerprint density at radius 3 is 2.50 bits per heavy atom. The van der Waals surface area contributed by atoms with Crippen molar-refractivity contribution in [2.24, 2.45) is 0 Å². The minimum atomic E-state index is -0.292. The summed E-state index contributed by atoms with van der Waals surface area (Å²) in [7, 11) is 0. The smallest absolute Gasteiger partial charge is 0.253 e. The second-order valence-corrected chi connectivity index (χ2v) is 6.50. The van der Waals surface area contributed by atoms with Gasteiger partial charge in [-0.15, -0.1) is 0 Å². The first kappa shape index (κ1) is 18.1. The van der Waals surface area contributed by atoms with Gasteiger partial charge in [0.1, 0.15) is 5.82 Å². The molecule has 5 nitrogen and oxygen atoms in total. The molecular formula is C20H22FN3O2. The van der Waals surface area contributed by atoms with E-state index < -0.39 is 0 Å². The first-order chi connectivity index (χ1) is 12.5. The van der Waals surface area contributed by atoms with Crippen molar-refractivity contribution in [2.75, 3.05) is 11.9 Å². The highest BCUT2D eigenvalue weighted by atomic mass is 19.1. The van der Waals surface area contributed by atoms with Gasteiger partial charge in [0, 0.05) is 12.1 Å². The molecule has 0 radical (unpaired) electrons. The number of nitrogens with one attached hydrogen (secondary N) is 3. The Morgan fingerprint density at radius 1 is 1.12 bits per heavy atom. The van der Waals surface area contributed by atoms with Crippen LogP contribution >= 0.6 is 0 Å². The van der Waals surface area contributed by atoms with Gasteiger partial charge in [0.2, 0.25) is 5.91 Å². The molecule has 0 spiro atoms. The maximum atomic E-state index is 13.0. The summed E-state index contributed by atoms with van der Waals surface area (Å²) in [5.74, 6) is -0.707. The molecule has 136 valence electrons. The van der Waals surface area contributed by atoms with Gasteiger partial charge in [-0.25, -0.2) is 4.39 Å². The third-order valence-electron chi connectivity index (χ3n) is 4.30. The second kappa shape index (κ2) is 8.10. The normalized spacial score (nSPS) is 14.5. The summed E-state index contributed by atoms with van der Waals surface area (Å²) < 4.78 is 13.0. The molecule has 2 amide bonds. The van der Waals surface area contributed by atoms with Gasteiger partial charge >= 0.3 is 0 Å². The molecule has 1 fully saturated rings. The number of rotatable bonds is 7. The Kier molecular flexibility index (Phi) is 5.63. The van der Waals surface area contributed by atoms with Crippen LogP contribution in [0.1, 0.15) is 41.7 Å². The minimum absolute atomic E-state index is 0.0805. The van der Waals surface area contributed by atoms with Crippen LogP contribution in [0.25, 0.3) is 0 Å². The van der Waals surface area contributed by atoms with Crippen molar-refractivity contribution >= 4 is 17.5 Å². The van der Waals surface area contributed by atoms with Crippen molar-refractivity contribution < 1.29 is 14.0 Å². The number of hydrogen-bond donors (Lipinski definition) is 3. The number of para-hydroxylation sites is 1. The fourth-order valence-electron chi connectivity index (χ4n) is 2.59. The maximum absolute atomic E-state index is 13.0. The van der Waals surface area contributed by atoms with Gasteiger partial charge in [0.25, 0.3) is 5.91 Å². The van der Waals surface area contributed by atoms with Crippen LogP contribution in [0.2, 0.25) is 0 Å². The Hall–Kier alpha value is -2.73. The molecule has 3 rings (SSSR count). The number of amides is 2. The van der Waals surface area contributed by atoms with E-state index in [1.165, 1.54) is 12.1 Å². The maximum Gasteiger partial charge on any atom is 0.253 e. The van der Waals surface area contributed by atoms with Crippen LogP contribution in [-0.2, 0) is 4.79 Å². The zero-order chi connectivity index (χ0) is 18.5. The van der Waals surface area contributed by atoms with Crippen LogP contribution < -0.4 is 16.0 Å². The van der Waals surface area contributed by atoms with Crippen molar-refractivity contribution in [3.8, 4) is 0 Å². The Balaban J connectivity index is 1.56. The van der Waals surface area contributed by atoms with Gasteiger partial charge in [0.15, 0.2) is 0 Å². The molecule has 2 aromatic carbocycles. The highest BCUT2D eigenvalue weighted by Crippen LogP contribution is 2.21. The molecule has 2 aromatic rings. The van der Waals surface area contributed by atoms with E-state index in [4.69, 9.17) is 0 Å². The molecule has 0 saturated heterocycles. The number of benzene rings is 2. The molecular weight excluding hydrogens is 333 g/mol. The van der Waals surface area contributed by atoms with Gasteiger partial charge < -0.3 is 16.0 Å². The minimum Gasteiger partial charge on any atom is -0.349 e. The van der Waals surface area contributed by atoms with E-state index >= 15 is 0 Å². The van der Waals surface area contributed by atoms with Gasteiger partial charge in [-0.05, 0) is 49.6 Å². The van der Waals surface area contributed by atoms with Crippen LogP contribution in [0.4, 0.5) is 10.1 Å². The zero-order valence-electron chi connectivity index (χ0n) is 14.6. The van der Waals surface area contributed by atoms with Crippen molar-refractivity contribution in [1.82, 2.24) is 10.6 Å². The summed E-state index contributed by atoms with van der Waals surface area (Å²) in [5.41, 5.74) is 1.84. The van der Waals surface area contributed by atoms with E-state index in [1.54, 1.807) is 36.4 Å². The van der Waals surface area contributed by atoms with Gasteiger partial charge in [-0.1, -0.05) is 24.3 Å². The molecule has 0 aliphatic heterocycles. The number of anilines is 1. The summed E-state index contributed by atoms with van der Waals surface area (Å²) in [6.45, 7) is 1.98. The third kappa shape index (κ3) is 4.89. The molecule has 0 bridgehead atoms. The van der Waals surface area contributed by atoms with Gasteiger partial charge in [-0.2, -0.15) is 0 Å². The average Bonchev–Trinajstić information content (AvgIpc) is 3.44. The Labute approximate surface area is 152 Å². The topological polar surface area (TPSA) is 70.2 Å². The van der Waals surface area contributed by atoms with Crippen LogP contribution in [0, 0.1) is 5.82 Å². The summed E-state index contributed by atoms with van der Waals surface area (Å²) in [6, 6.07) is 13.3. The van der Waals surface area contributed by atoms with E-state index in [1.807, 2.05) is 6.92 Å². The van der Waals surface area contributed by atoms with Crippen LogP contribution in [0.15, 0.2) is 48.5 Å². The van der Waals surface area contributed by atoms with Crippen molar-refractivity contribution in [2.45, 2.75) is 31.8 Å². The lowest BCUT2D eigenvalue weighted by molar-refractivity contribution is -0.115. The fourth-order valence-corrected chi connectivity index (χ4v) is 2.59. The molecule has 0 heterocycles. The second-order valence-electron chi connectivity index (χ2n) is 6.50. The van der Waals surface area contributed by atoms with Crippen molar-refractivity contribution in [1.29, 1.82) is 0 Å². The van der Waals surface area contributed by atoms with E-state index in [0.717, 1.165) is 18.4 Å². The van der Waals surface area contributed by atoms with Crippen LogP contribution in [0.5, 0.6) is 0 Å². The van der Waals surface area contributed by atoms with E-state index in [0.29, 0.717) is 11.3 Å².